The Balaban J connectivity index is 1.63. The fourth-order valence-electron chi connectivity index (χ4n) is 4.87. The first-order valence-electron chi connectivity index (χ1n) is 10.4. The van der Waals surface area contributed by atoms with E-state index in [9.17, 15) is 18.8 Å². The van der Waals surface area contributed by atoms with Gasteiger partial charge in [0.1, 0.15) is 11.4 Å². The van der Waals surface area contributed by atoms with Crippen molar-refractivity contribution >= 4 is 29.7 Å². The van der Waals surface area contributed by atoms with Crippen LogP contribution in [0.3, 0.4) is 0 Å². The highest BCUT2D eigenvalue weighted by Gasteiger charge is 2.66. The summed E-state index contributed by atoms with van der Waals surface area (Å²) in [6.45, 7) is 5.22. The van der Waals surface area contributed by atoms with Gasteiger partial charge in [0.25, 0.3) is 0 Å². The van der Waals surface area contributed by atoms with Crippen LogP contribution in [0, 0.1) is 17.7 Å². The van der Waals surface area contributed by atoms with E-state index < -0.39 is 53.1 Å². The summed E-state index contributed by atoms with van der Waals surface area (Å²) in [5.74, 6) is -4.04. The molecule has 0 spiro atoms. The number of hydrogen-bond donors (Lipinski definition) is 0. The molecule has 3 aliphatic rings. The number of fused-ring (bicyclic) bond motifs is 5. The highest BCUT2D eigenvalue weighted by atomic mass is 19.1. The molecule has 8 heteroatoms. The van der Waals surface area contributed by atoms with Gasteiger partial charge in [0.2, 0.25) is 11.8 Å². The number of nitrogens with zero attached hydrogens (tertiary/aromatic N) is 3. The lowest BCUT2D eigenvalue weighted by molar-refractivity contribution is -0.163. The quantitative estimate of drug-likeness (QED) is 0.535. The maximum absolute atomic E-state index is 13.9. The molecule has 0 aromatic heterocycles. The first-order chi connectivity index (χ1) is 15.2. The second kappa shape index (κ2) is 6.98. The zero-order valence-electron chi connectivity index (χ0n) is 17.9. The van der Waals surface area contributed by atoms with Crippen molar-refractivity contribution in [1.29, 1.82) is 0 Å². The van der Waals surface area contributed by atoms with Crippen LogP contribution in [0.15, 0.2) is 53.6 Å². The van der Waals surface area contributed by atoms with E-state index in [4.69, 9.17) is 4.74 Å². The van der Waals surface area contributed by atoms with Crippen LogP contribution in [0.2, 0.25) is 0 Å². The number of hydrazone groups is 1. The molecule has 2 aromatic rings. The molecule has 3 aliphatic heterocycles. The van der Waals surface area contributed by atoms with E-state index in [1.165, 1.54) is 23.2 Å². The van der Waals surface area contributed by atoms with Crippen LogP contribution in [0.4, 0.5) is 10.1 Å². The van der Waals surface area contributed by atoms with Gasteiger partial charge in [-0.2, -0.15) is 5.10 Å². The van der Waals surface area contributed by atoms with Gasteiger partial charge in [0.15, 0.2) is 6.04 Å². The number of hydrogen-bond acceptors (Lipinski definition) is 6. The number of esters is 1. The Kier molecular flexibility index (Phi) is 4.44. The minimum absolute atomic E-state index is 0.150. The fourth-order valence-corrected chi connectivity index (χ4v) is 4.87. The van der Waals surface area contributed by atoms with Crippen molar-refractivity contribution in [2.24, 2.45) is 16.9 Å². The molecule has 0 radical (unpaired) electrons. The maximum atomic E-state index is 13.9. The average Bonchev–Trinajstić information content (AvgIpc) is 3.20. The first kappa shape index (κ1) is 20.4. The second-order valence-corrected chi connectivity index (χ2v) is 9.22. The lowest BCUT2D eigenvalue weighted by atomic mass is 9.85. The van der Waals surface area contributed by atoms with Gasteiger partial charge in [0, 0.05) is 0 Å². The first-order valence-corrected chi connectivity index (χ1v) is 10.4. The Morgan fingerprint density at radius 3 is 2.47 bits per heavy atom. The van der Waals surface area contributed by atoms with Crippen LogP contribution in [-0.2, 0) is 19.1 Å². The molecule has 2 aromatic carbocycles. The zero-order chi connectivity index (χ0) is 22.8. The second-order valence-electron chi connectivity index (χ2n) is 9.22. The van der Waals surface area contributed by atoms with E-state index in [1.54, 1.807) is 27.0 Å². The molecule has 32 heavy (non-hydrogen) atoms. The lowest BCUT2D eigenvalue weighted by Gasteiger charge is -2.34. The molecule has 0 bridgehead atoms. The van der Waals surface area contributed by atoms with Crippen LogP contribution >= 0.6 is 0 Å². The van der Waals surface area contributed by atoms with E-state index >= 15 is 0 Å². The lowest BCUT2D eigenvalue weighted by Crippen LogP contribution is -2.46. The molecule has 164 valence electrons. The van der Waals surface area contributed by atoms with Crippen molar-refractivity contribution in [3.05, 3.63) is 65.5 Å². The van der Waals surface area contributed by atoms with Crippen LogP contribution in [0.5, 0.6) is 0 Å². The summed E-state index contributed by atoms with van der Waals surface area (Å²) in [5, 5.41) is 5.99. The molecule has 7 nitrogen and oxygen atoms in total. The Morgan fingerprint density at radius 2 is 1.75 bits per heavy atom. The van der Waals surface area contributed by atoms with Crippen LogP contribution in [0.1, 0.15) is 37.9 Å². The molecule has 2 amide bonds. The molecule has 3 heterocycles. The smallest absolute Gasteiger partial charge is 0.331 e. The van der Waals surface area contributed by atoms with Gasteiger partial charge >= 0.3 is 5.97 Å². The Bertz CT molecular complexity index is 1170. The number of carbonyl (C=O) groups excluding carboxylic acids is 3. The SMILES string of the molecule is CC(C)(C)OC(=O)[C@H]1[C@H]2C(=O)N(c3cccc(F)c3)C(=O)[C@H]2[C@H]2c3ccccc3C=NN21. The minimum Gasteiger partial charge on any atom is -0.458 e. The molecular formula is C24H22FN3O4. The molecule has 0 N–H and O–H groups in total. The largest absolute Gasteiger partial charge is 0.458 e. The number of halogens is 1. The number of carbonyl (C=O) groups is 3. The van der Waals surface area contributed by atoms with Gasteiger partial charge in [-0.25, -0.2) is 14.1 Å². The minimum atomic E-state index is -1.07. The van der Waals surface area contributed by atoms with Gasteiger partial charge in [0.05, 0.1) is 29.8 Å². The number of benzene rings is 2. The van der Waals surface area contributed by atoms with Crippen LogP contribution in [-0.4, -0.2) is 40.7 Å². The Hall–Kier alpha value is -3.55. The average molecular weight is 435 g/mol. The van der Waals surface area contributed by atoms with Crippen molar-refractivity contribution in [2.45, 2.75) is 38.5 Å². The van der Waals surface area contributed by atoms with Gasteiger partial charge in [-0.15, -0.1) is 0 Å². The summed E-state index contributed by atoms with van der Waals surface area (Å²) in [4.78, 5) is 41.4. The van der Waals surface area contributed by atoms with Gasteiger partial charge in [-0.1, -0.05) is 30.3 Å². The number of ether oxygens (including phenoxy) is 1. The molecule has 5 rings (SSSR count). The summed E-state index contributed by atoms with van der Waals surface area (Å²) < 4.78 is 19.5. The molecule has 0 aliphatic carbocycles. The van der Waals surface area contributed by atoms with E-state index in [1.807, 2.05) is 24.3 Å². The predicted molar refractivity (Wildman–Crippen MR) is 114 cm³/mol. The molecule has 2 fully saturated rings. The van der Waals surface area contributed by atoms with Crippen molar-refractivity contribution in [1.82, 2.24) is 5.01 Å². The number of anilines is 1. The Labute approximate surface area is 184 Å². The third-order valence-corrected chi connectivity index (χ3v) is 6.01. The number of imide groups is 1. The monoisotopic (exact) mass is 435 g/mol. The molecule has 0 saturated carbocycles. The predicted octanol–water partition coefficient (Wildman–Crippen LogP) is 3.05. The normalized spacial score (nSPS) is 26.1. The number of rotatable bonds is 2. The summed E-state index contributed by atoms with van der Waals surface area (Å²) >= 11 is 0. The standard InChI is InChI=1S/C24H22FN3O4/c1-24(2,3)32-23(31)20-18-17(19-16-10-5-4-7-13(16)12-26-28(19)20)21(29)27(22(18)30)15-9-6-8-14(25)11-15/h4-12,17-20H,1-3H3/t17-,18+,19-,20-/m1/s1. The summed E-state index contributed by atoms with van der Waals surface area (Å²) in [5.41, 5.74) is 1.000. The zero-order valence-corrected chi connectivity index (χ0v) is 17.9. The molecule has 0 unspecified atom stereocenters. The van der Waals surface area contributed by atoms with Crippen LogP contribution < -0.4 is 4.90 Å². The maximum Gasteiger partial charge on any atom is 0.331 e. The van der Waals surface area contributed by atoms with Crippen molar-refractivity contribution in [2.75, 3.05) is 4.90 Å². The highest BCUT2D eigenvalue weighted by molar-refractivity contribution is 6.23. The van der Waals surface area contributed by atoms with E-state index in [-0.39, 0.29) is 5.69 Å². The van der Waals surface area contributed by atoms with E-state index in [0.717, 1.165) is 22.1 Å². The van der Waals surface area contributed by atoms with Crippen LogP contribution in [0.25, 0.3) is 0 Å². The summed E-state index contributed by atoms with van der Waals surface area (Å²) in [7, 11) is 0. The van der Waals surface area contributed by atoms with Crippen molar-refractivity contribution in [3.8, 4) is 0 Å². The van der Waals surface area contributed by atoms with Gasteiger partial charge in [-0.3, -0.25) is 14.6 Å². The molecule has 4 atom stereocenters. The fraction of sp³-hybridized carbons (Fsp3) is 0.333. The third kappa shape index (κ3) is 3.01. The Morgan fingerprint density at radius 1 is 1.03 bits per heavy atom. The number of amides is 2. The van der Waals surface area contributed by atoms with Crippen molar-refractivity contribution < 1.29 is 23.5 Å². The van der Waals surface area contributed by atoms with Crippen molar-refractivity contribution in [3.63, 3.8) is 0 Å². The molecule has 2 saturated heterocycles. The van der Waals surface area contributed by atoms with Gasteiger partial charge in [-0.05, 0) is 50.1 Å². The van der Waals surface area contributed by atoms with E-state index in [2.05, 4.69) is 5.10 Å². The summed E-state index contributed by atoms with van der Waals surface area (Å²) in [6, 6.07) is 11.1. The van der Waals surface area contributed by atoms with E-state index in [0.29, 0.717) is 0 Å². The van der Waals surface area contributed by atoms with Gasteiger partial charge < -0.3 is 4.74 Å². The summed E-state index contributed by atoms with van der Waals surface area (Å²) in [6.07, 6.45) is 1.63. The molecular weight excluding hydrogens is 413 g/mol. The third-order valence-electron chi connectivity index (χ3n) is 6.01. The highest BCUT2D eigenvalue weighted by Crippen LogP contribution is 2.52. The topological polar surface area (TPSA) is 79.3 Å².